The van der Waals surface area contributed by atoms with Crippen LogP contribution in [0.4, 0.5) is 0 Å². The molecule has 2 aliphatic heterocycles. The van der Waals surface area contributed by atoms with Crippen molar-refractivity contribution in [2.45, 2.75) is 31.7 Å². The molecular weight excluding hydrogens is 565 g/mol. The molecule has 2 fully saturated rings. The summed E-state index contributed by atoms with van der Waals surface area (Å²) < 4.78 is 12.4. The van der Waals surface area contributed by atoms with Crippen molar-refractivity contribution in [3.63, 3.8) is 0 Å². The summed E-state index contributed by atoms with van der Waals surface area (Å²) >= 11 is 6.47. The minimum atomic E-state index is -1.06. The van der Waals surface area contributed by atoms with Gasteiger partial charge in [0.2, 0.25) is 11.8 Å². The molecule has 2 heterocycles. The third-order valence-corrected chi connectivity index (χ3v) is 9.15. The number of allylic oxidation sites excluding steroid dienone is 1. The highest BCUT2D eigenvalue weighted by Crippen LogP contribution is 2.50. The fourth-order valence-corrected chi connectivity index (χ4v) is 7.03. The quantitative estimate of drug-likeness (QED) is 0.146. The van der Waals surface area contributed by atoms with Crippen LogP contribution in [-0.4, -0.2) is 53.7 Å². The number of aromatic hydroxyl groups is 1. The van der Waals surface area contributed by atoms with Crippen LogP contribution in [0.15, 0.2) is 90.0 Å². The molecule has 0 spiro atoms. The number of imide groups is 1. The second-order valence-electron chi connectivity index (χ2n) is 11.4. The molecule has 0 aromatic heterocycles. The maximum absolute atomic E-state index is 13.3. The zero-order valence-electron chi connectivity index (χ0n) is 23.9. The van der Waals surface area contributed by atoms with E-state index in [-0.39, 0.29) is 36.4 Å². The Labute approximate surface area is 256 Å². The zero-order chi connectivity index (χ0) is 30.1. The van der Waals surface area contributed by atoms with E-state index in [4.69, 9.17) is 21.0 Å². The Balaban J connectivity index is 1.35. The van der Waals surface area contributed by atoms with Gasteiger partial charge in [-0.2, -0.15) is 0 Å². The first kappa shape index (κ1) is 29.2. The van der Waals surface area contributed by atoms with Gasteiger partial charge < -0.3 is 19.5 Å². The fraction of sp³-hybridized carbons (Fsp3) is 0.294. The van der Waals surface area contributed by atoms with Gasteiger partial charge in [0.15, 0.2) is 0 Å². The van der Waals surface area contributed by atoms with Crippen LogP contribution >= 0.6 is 11.6 Å². The largest absolute Gasteiger partial charge is 0.508 e. The number of rotatable bonds is 8. The lowest BCUT2D eigenvalue weighted by Gasteiger charge is -2.43. The molecule has 2 amide bonds. The number of para-hydroxylation sites is 1. The van der Waals surface area contributed by atoms with Gasteiger partial charge in [0.1, 0.15) is 18.1 Å². The highest BCUT2D eigenvalue weighted by Gasteiger charge is 2.56. The predicted molar refractivity (Wildman–Crippen MR) is 166 cm³/mol. The van der Waals surface area contributed by atoms with E-state index in [9.17, 15) is 19.7 Å². The molecule has 6 rings (SSSR count). The maximum Gasteiger partial charge on any atom is 0.455 e. The standard InChI is InChI=1S/C34H33BClNO6/c1-37-33(39)27-17-24(20-42-26-10-6-3-7-11-26)31-28(32(27)34(37)40)19-35(41)43-30(31)15-13-22(21-8-4-2-5-9-21)16-23-12-14-25(38)18-29(23)36/h2-12,14,16,18,27-28,30,32,38,41H,13,15,17,19-20H2,1H3/b22-16-/t27-,28+,30-,32-/m1/s1. The van der Waals surface area contributed by atoms with Gasteiger partial charge in [-0.15, -0.1) is 0 Å². The minimum absolute atomic E-state index is 0.0948. The van der Waals surface area contributed by atoms with E-state index >= 15 is 0 Å². The molecule has 7 nitrogen and oxygen atoms in total. The molecule has 3 aliphatic rings. The number of amides is 2. The van der Waals surface area contributed by atoms with E-state index in [1.807, 2.05) is 66.7 Å². The van der Waals surface area contributed by atoms with Crippen molar-refractivity contribution >= 4 is 42.2 Å². The smallest absolute Gasteiger partial charge is 0.455 e. The molecule has 4 atom stereocenters. The van der Waals surface area contributed by atoms with Crippen molar-refractivity contribution in [2.24, 2.45) is 17.8 Å². The number of halogens is 1. The number of hydrogen-bond acceptors (Lipinski definition) is 6. The van der Waals surface area contributed by atoms with Crippen molar-refractivity contribution in [1.82, 2.24) is 4.90 Å². The Morgan fingerprint density at radius 2 is 1.77 bits per heavy atom. The summed E-state index contributed by atoms with van der Waals surface area (Å²) in [6.07, 6.45) is 3.32. The predicted octanol–water partition coefficient (Wildman–Crippen LogP) is 5.87. The number of carbonyl (C=O) groups excluding carboxylic acids is 2. The summed E-state index contributed by atoms with van der Waals surface area (Å²) in [5.41, 5.74) is 4.72. The van der Waals surface area contributed by atoms with Crippen LogP contribution in [-0.2, 0) is 14.2 Å². The van der Waals surface area contributed by atoms with Crippen molar-refractivity contribution in [3.8, 4) is 11.5 Å². The molecule has 2 saturated heterocycles. The molecule has 1 aliphatic carbocycles. The SMILES string of the molecule is CN1C(=O)[C@@H]2[C@@H](CC(COc3ccccc3)=C3[C@@H](CC/C(=C/c4ccc(O)cc4Cl)c4ccccc4)OB(O)C[C@@H]32)C1=O. The molecule has 9 heteroatoms. The molecule has 3 aromatic rings. The molecule has 0 radical (unpaired) electrons. The van der Waals surface area contributed by atoms with Crippen molar-refractivity contribution in [2.75, 3.05) is 13.7 Å². The number of likely N-dealkylation sites (tertiary alicyclic amines) is 1. The number of benzene rings is 3. The third-order valence-electron chi connectivity index (χ3n) is 8.82. The Hall–Kier alpha value is -3.85. The van der Waals surface area contributed by atoms with E-state index in [0.29, 0.717) is 30.0 Å². The van der Waals surface area contributed by atoms with Gasteiger partial charge >= 0.3 is 7.12 Å². The highest BCUT2D eigenvalue weighted by molar-refractivity contribution is 6.43. The van der Waals surface area contributed by atoms with Crippen molar-refractivity contribution < 1.29 is 29.1 Å². The van der Waals surface area contributed by atoms with E-state index in [2.05, 4.69) is 0 Å². The first-order valence-electron chi connectivity index (χ1n) is 14.6. The van der Waals surface area contributed by atoms with Gasteiger partial charge in [0.05, 0.1) is 23.0 Å². The molecule has 43 heavy (non-hydrogen) atoms. The van der Waals surface area contributed by atoms with Crippen LogP contribution in [0, 0.1) is 17.8 Å². The Morgan fingerprint density at radius 3 is 2.49 bits per heavy atom. The number of fused-ring (bicyclic) bond motifs is 3. The summed E-state index contributed by atoms with van der Waals surface area (Å²) in [4.78, 5) is 27.7. The molecule has 3 aromatic carbocycles. The van der Waals surface area contributed by atoms with E-state index in [0.717, 1.165) is 27.8 Å². The molecule has 2 N–H and O–H groups in total. The fourth-order valence-electron chi connectivity index (χ4n) is 6.80. The second-order valence-corrected chi connectivity index (χ2v) is 11.8. The average molecular weight is 598 g/mol. The third kappa shape index (κ3) is 6.00. The van der Waals surface area contributed by atoms with E-state index in [1.165, 1.54) is 11.0 Å². The molecular formula is C34H33BClNO6. The number of ether oxygens (including phenoxy) is 1. The lowest BCUT2D eigenvalue weighted by atomic mass is 9.58. The summed E-state index contributed by atoms with van der Waals surface area (Å²) in [5.74, 6) is -0.869. The summed E-state index contributed by atoms with van der Waals surface area (Å²) in [5, 5.41) is 21.2. The summed E-state index contributed by atoms with van der Waals surface area (Å²) in [6.45, 7) is 0.269. The first-order valence-corrected chi connectivity index (χ1v) is 15.0. The highest BCUT2D eigenvalue weighted by atomic mass is 35.5. The molecule has 220 valence electrons. The average Bonchev–Trinajstić information content (AvgIpc) is 3.23. The summed E-state index contributed by atoms with van der Waals surface area (Å²) in [7, 11) is 0.486. The van der Waals surface area contributed by atoms with Gasteiger partial charge in [-0.25, -0.2) is 0 Å². The van der Waals surface area contributed by atoms with Gasteiger partial charge in [-0.1, -0.05) is 60.1 Å². The molecule has 0 saturated carbocycles. The monoisotopic (exact) mass is 597 g/mol. The number of phenols is 1. The number of phenolic OH excluding ortho intramolecular Hbond substituents is 1. The van der Waals surface area contributed by atoms with Crippen molar-refractivity contribution in [1.29, 1.82) is 0 Å². The lowest BCUT2D eigenvalue weighted by molar-refractivity contribution is -0.138. The Bertz CT molecular complexity index is 1580. The Morgan fingerprint density at radius 1 is 1.05 bits per heavy atom. The van der Waals surface area contributed by atoms with Crippen LogP contribution < -0.4 is 4.74 Å². The molecule has 0 bridgehead atoms. The van der Waals surface area contributed by atoms with Crippen LogP contribution in [0.5, 0.6) is 11.5 Å². The maximum atomic E-state index is 13.3. The number of nitrogens with zero attached hydrogens (tertiary/aromatic N) is 1. The van der Waals surface area contributed by atoms with Gasteiger partial charge in [-0.3, -0.25) is 14.5 Å². The number of hydrogen-bond donors (Lipinski definition) is 2. The van der Waals surface area contributed by atoms with Gasteiger partial charge in [0, 0.05) is 7.05 Å². The Kier molecular flexibility index (Phi) is 8.44. The lowest BCUT2D eigenvalue weighted by Crippen LogP contribution is -2.46. The van der Waals surface area contributed by atoms with E-state index in [1.54, 1.807) is 19.2 Å². The van der Waals surface area contributed by atoms with E-state index < -0.39 is 25.1 Å². The zero-order valence-corrected chi connectivity index (χ0v) is 24.6. The summed E-state index contributed by atoms with van der Waals surface area (Å²) in [6, 6.07) is 24.4. The first-order chi connectivity index (χ1) is 20.8. The second kappa shape index (κ2) is 12.4. The van der Waals surface area contributed by atoms with Crippen LogP contribution in [0.1, 0.15) is 30.4 Å². The minimum Gasteiger partial charge on any atom is -0.508 e. The van der Waals surface area contributed by atoms with Crippen molar-refractivity contribution in [3.05, 3.63) is 106 Å². The van der Waals surface area contributed by atoms with Crippen LogP contribution in [0.25, 0.3) is 11.6 Å². The van der Waals surface area contributed by atoms with Crippen LogP contribution in [0.2, 0.25) is 11.3 Å². The molecule has 0 unspecified atom stereocenters. The number of carbonyl (C=O) groups is 2. The topological polar surface area (TPSA) is 96.3 Å². The van der Waals surface area contributed by atoms with Gasteiger partial charge in [-0.05, 0) is 95.8 Å². The normalized spacial score (nSPS) is 23.8. The van der Waals surface area contributed by atoms with Gasteiger partial charge in [0.25, 0.3) is 0 Å². The van der Waals surface area contributed by atoms with Crippen LogP contribution in [0.3, 0.4) is 0 Å².